The van der Waals surface area contributed by atoms with Gasteiger partial charge in [-0.1, -0.05) is 29.8 Å². The van der Waals surface area contributed by atoms with Crippen LogP contribution >= 0.6 is 11.6 Å². The number of benzene rings is 3. The molecule has 0 unspecified atom stereocenters. The van der Waals surface area contributed by atoms with Crippen LogP contribution in [0.2, 0.25) is 5.02 Å². The van der Waals surface area contributed by atoms with E-state index in [4.69, 9.17) is 21.1 Å². The minimum Gasteiger partial charge on any atom is -0.493 e. The summed E-state index contributed by atoms with van der Waals surface area (Å²) in [5.74, 6) is -0.590. The molecule has 0 bridgehead atoms. The zero-order valence-electron chi connectivity index (χ0n) is 17.2. The van der Waals surface area contributed by atoms with Gasteiger partial charge >= 0.3 is 0 Å². The van der Waals surface area contributed by atoms with Crippen molar-refractivity contribution in [1.82, 2.24) is 0 Å². The third-order valence-electron chi connectivity index (χ3n) is 4.48. The van der Waals surface area contributed by atoms with Crippen LogP contribution in [-0.4, -0.2) is 35.1 Å². The fraction of sp³-hybridized carbons (Fsp3) is 0.136. The summed E-state index contributed by atoms with van der Waals surface area (Å²) in [6, 6.07) is 15.9. The lowest BCUT2D eigenvalue weighted by Gasteiger charge is -2.25. The van der Waals surface area contributed by atoms with Crippen LogP contribution in [0.15, 0.2) is 71.6 Å². The molecule has 168 valence electrons. The van der Waals surface area contributed by atoms with Gasteiger partial charge in [-0.15, -0.1) is 0 Å². The van der Waals surface area contributed by atoms with Crippen LogP contribution in [0.3, 0.4) is 0 Å². The minimum absolute atomic E-state index is 0.00686. The van der Waals surface area contributed by atoms with Crippen molar-refractivity contribution in [3.8, 4) is 11.5 Å². The SMILES string of the molecule is COc1ccc(N(CC(=O)Nc2ccc(F)c(Cl)c2)S(=O)(=O)c2ccccc2)cc1OC. The van der Waals surface area contributed by atoms with Gasteiger partial charge in [0.05, 0.1) is 29.8 Å². The van der Waals surface area contributed by atoms with E-state index in [1.54, 1.807) is 24.3 Å². The fourth-order valence-electron chi connectivity index (χ4n) is 2.92. The molecule has 7 nitrogen and oxygen atoms in total. The smallest absolute Gasteiger partial charge is 0.264 e. The van der Waals surface area contributed by atoms with Gasteiger partial charge in [0.15, 0.2) is 11.5 Å². The highest BCUT2D eigenvalue weighted by Crippen LogP contribution is 2.33. The standard InChI is InChI=1S/C22H20ClFN2O5S/c1-30-20-11-9-16(13-21(20)31-2)26(32(28,29)17-6-4-3-5-7-17)14-22(27)25-15-8-10-19(24)18(23)12-15/h3-13H,14H2,1-2H3,(H,25,27). The van der Waals surface area contributed by atoms with Gasteiger partial charge in [0.2, 0.25) is 5.91 Å². The van der Waals surface area contributed by atoms with Crippen molar-refractivity contribution in [2.75, 3.05) is 30.4 Å². The monoisotopic (exact) mass is 478 g/mol. The first kappa shape index (κ1) is 23.4. The second-order valence-corrected chi connectivity index (χ2v) is 8.81. The van der Waals surface area contributed by atoms with Crippen LogP contribution in [-0.2, 0) is 14.8 Å². The number of sulfonamides is 1. The third kappa shape index (κ3) is 5.12. The number of methoxy groups -OCH3 is 2. The lowest BCUT2D eigenvalue weighted by Crippen LogP contribution is -2.38. The molecule has 0 spiro atoms. The van der Waals surface area contributed by atoms with E-state index < -0.39 is 28.3 Å². The molecule has 1 amide bonds. The van der Waals surface area contributed by atoms with Gasteiger partial charge in [0.1, 0.15) is 12.4 Å². The predicted molar refractivity (Wildman–Crippen MR) is 121 cm³/mol. The number of carbonyl (C=O) groups excluding carboxylic acids is 1. The maximum absolute atomic E-state index is 13.4. The summed E-state index contributed by atoms with van der Waals surface area (Å²) in [7, 11) is -1.24. The molecule has 0 heterocycles. The van der Waals surface area contributed by atoms with E-state index in [-0.39, 0.29) is 21.3 Å². The first-order valence-electron chi connectivity index (χ1n) is 9.31. The van der Waals surface area contributed by atoms with Gasteiger partial charge < -0.3 is 14.8 Å². The largest absolute Gasteiger partial charge is 0.493 e. The van der Waals surface area contributed by atoms with Crippen LogP contribution in [0.1, 0.15) is 0 Å². The molecule has 3 aromatic rings. The number of rotatable bonds is 8. The van der Waals surface area contributed by atoms with Crippen molar-refractivity contribution >= 4 is 38.9 Å². The van der Waals surface area contributed by atoms with E-state index in [9.17, 15) is 17.6 Å². The first-order valence-corrected chi connectivity index (χ1v) is 11.1. The Bertz CT molecular complexity index is 1220. The highest BCUT2D eigenvalue weighted by molar-refractivity contribution is 7.92. The number of hydrogen-bond acceptors (Lipinski definition) is 5. The number of carbonyl (C=O) groups is 1. The van der Waals surface area contributed by atoms with E-state index in [0.29, 0.717) is 11.5 Å². The lowest BCUT2D eigenvalue weighted by molar-refractivity contribution is -0.114. The van der Waals surface area contributed by atoms with Gasteiger partial charge in [-0.2, -0.15) is 0 Å². The highest BCUT2D eigenvalue weighted by Gasteiger charge is 2.28. The van der Waals surface area contributed by atoms with Crippen molar-refractivity contribution < 1.29 is 27.1 Å². The van der Waals surface area contributed by atoms with E-state index >= 15 is 0 Å². The number of anilines is 2. The molecule has 3 rings (SSSR count). The number of amides is 1. The second-order valence-electron chi connectivity index (χ2n) is 6.54. The Morgan fingerprint density at radius 3 is 2.31 bits per heavy atom. The Hall–Kier alpha value is -3.30. The summed E-state index contributed by atoms with van der Waals surface area (Å²) in [6.45, 7) is -0.554. The van der Waals surface area contributed by atoms with Crippen molar-refractivity contribution in [2.24, 2.45) is 0 Å². The van der Waals surface area contributed by atoms with Crippen molar-refractivity contribution in [2.45, 2.75) is 4.90 Å². The fourth-order valence-corrected chi connectivity index (χ4v) is 4.53. The van der Waals surface area contributed by atoms with E-state index in [0.717, 1.165) is 10.4 Å². The summed E-state index contributed by atoms with van der Waals surface area (Å²) < 4.78 is 51.6. The number of ether oxygens (including phenoxy) is 2. The van der Waals surface area contributed by atoms with Crippen molar-refractivity contribution in [3.63, 3.8) is 0 Å². The van der Waals surface area contributed by atoms with Gasteiger partial charge in [-0.3, -0.25) is 9.10 Å². The van der Waals surface area contributed by atoms with Gasteiger partial charge in [-0.05, 0) is 42.5 Å². The van der Waals surface area contributed by atoms with E-state index in [2.05, 4.69) is 5.32 Å². The maximum Gasteiger partial charge on any atom is 0.264 e. The topological polar surface area (TPSA) is 84.9 Å². The molecular formula is C22H20ClFN2O5S. The molecule has 3 aromatic carbocycles. The van der Waals surface area contributed by atoms with Crippen LogP contribution in [0.25, 0.3) is 0 Å². The molecule has 0 saturated carbocycles. The molecule has 0 atom stereocenters. The molecule has 0 aliphatic rings. The van der Waals surface area contributed by atoms with E-state index in [1.807, 2.05) is 0 Å². The second kappa shape index (κ2) is 9.88. The number of nitrogens with one attached hydrogen (secondary N) is 1. The average Bonchev–Trinajstić information content (AvgIpc) is 2.80. The molecule has 0 fully saturated rings. The maximum atomic E-state index is 13.4. The molecule has 0 aliphatic heterocycles. The number of nitrogens with zero attached hydrogens (tertiary/aromatic N) is 1. The van der Waals surface area contributed by atoms with Gasteiger partial charge in [0.25, 0.3) is 10.0 Å². The Balaban J connectivity index is 1.99. The van der Waals surface area contributed by atoms with Crippen molar-refractivity contribution in [3.05, 3.63) is 77.6 Å². The van der Waals surface area contributed by atoms with Crippen LogP contribution in [0.5, 0.6) is 11.5 Å². The summed E-state index contributed by atoms with van der Waals surface area (Å²) in [5.41, 5.74) is 0.421. The van der Waals surface area contributed by atoms with Crippen LogP contribution in [0.4, 0.5) is 15.8 Å². The zero-order valence-corrected chi connectivity index (χ0v) is 18.8. The predicted octanol–water partition coefficient (Wildman–Crippen LogP) is 4.33. The van der Waals surface area contributed by atoms with Crippen LogP contribution < -0.4 is 19.1 Å². The van der Waals surface area contributed by atoms with Crippen LogP contribution in [0, 0.1) is 5.82 Å². The van der Waals surface area contributed by atoms with E-state index in [1.165, 1.54) is 50.6 Å². The molecule has 32 heavy (non-hydrogen) atoms. The van der Waals surface area contributed by atoms with Gasteiger partial charge in [0, 0.05) is 11.8 Å². The summed E-state index contributed by atoms with van der Waals surface area (Å²) in [4.78, 5) is 12.7. The Kier molecular flexibility index (Phi) is 7.22. The Morgan fingerprint density at radius 2 is 1.69 bits per heavy atom. The molecule has 0 aliphatic carbocycles. The lowest BCUT2D eigenvalue weighted by atomic mass is 10.2. The molecule has 0 saturated heterocycles. The first-order chi connectivity index (χ1) is 15.3. The normalized spacial score (nSPS) is 11.0. The zero-order chi connectivity index (χ0) is 23.3. The average molecular weight is 479 g/mol. The molecule has 0 radical (unpaired) electrons. The van der Waals surface area contributed by atoms with Gasteiger partial charge in [-0.25, -0.2) is 12.8 Å². The summed E-state index contributed by atoms with van der Waals surface area (Å²) in [5, 5.41) is 2.36. The molecule has 0 aromatic heterocycles. The molecular weight excluding hydrogens is 459 g/mol. The Labute approximate surface area is 190 Å². The minimum atomic E-state index is -4.11. The number of halogens is 2. The summed E-state index contributed by atoms with van der Waals surface area (Å²) >= 11 is 5.76. The summed E-state index contributed by atoms with van der Waals surface area (Å²) in [6.07, 6.45) is 0. The molecule has 10 heteroatoms. The highest BCUT2D eigenvalue weighted by atomic mass is 35.5. The Morgan fingerprint density at radius 1 is 1.00 bits per heavy atom. The molecule has 1 N–H and O–H groups in total. The van der Waals surface area contributed by atoms with Crippen molar-refractivity contribution in [1.29, 1.82) is 0 Å². The quantitative estimate of drug-likeness (QED) is 0.521. The number of hydrogen-bond donors (Lipinski definition) is 1. The third-order valence-corrected chi connectivity index (χ3v) is 6.55.